The van der Waals surface area contributed by atoms with E-state index in [-0.39, 0.29) is 16.3 Å². The van der Waals surface area contributed by atoms with Crippen LogP contribution in [-0.4, -0.2) is 0 Å². The summed E-state index contributed by atoms with van der Waals surface area (Å²) in [5.74, 6) is 0. The minimum Gasteiger partial charge on any atom is -0.457 e. The van der Waals surface area contributed by atoms with Crippen LogP contribution in [0.1, 0.15) is 0 Å². The third kappa shape index (κ3) is 8.47. The molecule has 0 aliphatic heterocycles. The van der Waals surface area contributed by atoms with Crippen LogP contribution in [0.2, 0.25) is 0 Å². The molecule has 0 saturated carbocycles. The molecular weight excluding hydrogens is 741 g/mol. The maximum atomic E-state index is 13.3. The van der Waals surface area contributed by atoms with E-state index in [9.17, 15) is 14.4 Å². The van der Waals surface area contributed by atoms with Crippen LogP contribution < -0.4 is 16.3 Å². The lowest BCUT2D eigenvalue weighted by atomic mass is 10.2. The third-order valence-corrected chi connectivity index (χ3v) is 9.53. The van der Waals surface area contributed by atoms with Crippen molar-refractivity contribution in [2.24, 2.45) is 0 Å². The standard InChI is InChI=1S/C51H32O8/c52-49-33-1-13-39(14-2-33)55-40-15-3-34(4-16-40)50(53)36-7-19-42(20-8-36)57-46-27-31-48(32-28-46)59-44-23-11-38(12-24-44)51(54)37-9-21-43(22-10-37)58-47-29-25-45(26-30-47)56-41-17-5-35(49)6-18-41/h1-32H. The molecule has 13 heterocycles. The summed E-state index contributed by atoms with van der Waals surface area (Å²) in [5, 5.41) is 3.07. The first-order valence-corrected chi connectivity index (χ1v) is 18.7. The van der Waals surface area contributed by atoms with Crippen molar-refractivity contribution in [3.8, 4) is 0 Å². The first-order valence-electron chi connectivity index (χ1n) is 18.7. The smallest absolute Gasteiger partial charge is 0.193 e. The molecule has 0 aliphatic carbocycles. The molecule has 0 atom stereocenters. The zero-order valence-corrected chi connectivity index (χ0v) is 31.2. The Labute approximate surface area is 334 Å². The Bertz CT molecular complexity index is 3260. The van der Waals surface area contributed by atoms with Crippen LogP contribution >= 0.6 is 0 Å². The van der Waals surface area contributed by atoms with Crippen LogP contribution in [0.5, 0.6) is 0 Å². The van der Waals surface area contributed by atoms with Gasteiger partial charge in [0.05, 0.1) is 0 Å². The minimum absolute atomic E-state index is 0.131. The van der Waals surface area contributed by atoms with Gasteiger partial charge in [-0.3, -0.25) is 14.4 Å². The Morgan fingerprint density at radius 2 is 0.271 bits per heavy atom. The molecule has 0 amide bonds. The highest BCUT2D eigenvalue weighted by atomic mass is 16.3. The summed E-state index contributed by atoms with van der Waals surface area (Å²) >= 11 is 0. The molecule has 21 rings (SSSR count). The first kappa shape index (κ1) is 36.4. The Kier molecular flexibility index (Phi) is 9.93. The fourth-order valence-corrected chi connectivity index (χ4v) is 6.38. The van der Waals surface area contributed by atoms with Gasteiger partial charge >= 0.3 is 0 Å². The fraction of sp³-hybridized carbons (Fsp3) is 0. The van der Waals surface area contributed by atoms with Crippen LogP contribution in [0, 0.1) is 0 Å². The molecule has 13 aromatic heterocycles. The molecule has 0 unspecified atom stereocenters. The van der Waals surface area contributed by atoms with E-state index in [4.69, 9.17) is 22.1 Å². The Morgan fingerprint density at radius 1 is 0.169 bits per heavy atom. The zero-order valence-electron chi connectivity index (χ0n) is 31.2. The second kappa shape index (κ2) is 16.1. The maximum absolute atomic E-state index is 13.3. The number of rotatable bonds is 0. The van der Waals surface area contributed by atoms with E-state index in [0.717, 1.165) is 0 Å². The van der Waals surface area contributed by atoms with Crippen molar-refractivity contribution < 1.29 is 22.1 Å². The van der Waals surface area contributed by atoms with Crippen LogP contribution in [0.25, 0.3) is 88.1 Å². The molecule has 0 radical (unpaired) electrons. The van der Waals surface area contributed by atoms with Crippen molar-refractivity contribution in [1.29, 1.82) is 0 Å². The molecule has 0 N–H and O–H groups in total. The third-order valence-electron chi connectivity index (χ3n) is 9.53. The first-order chi connectivity index (χ1) is 28.9. The lowest BCUT2D eigenvalue weighted by Gasteiger charge is -1.95. The highest BCUT2D eigenvalue weighted by Crippen LogP contribution is 2.16. The van der Waals surface area contributed by atoms with Gasteiger partial charge < -0.3 is 22.1 Å². The summed E-state index contributed by atoms with van der Waals surface area (Å²) in [7, 11) is 0. The molecule has 0 fully saturated rings. The average Bonchev–Trinajstić information content (AvgIpc) is 3.28. The summed E-state index contributed by atoms with van der Waals surface area (Å²) in [6.45, 7) is 0. The van der Waals surface area contributed by atoms with Gasteiger partial charge in [-0.05, 0) is 194 Å². The molecule has 8 aromatic carbocycles. The Hall–Kier alpha value is -8.23. The molecular formula is C51H32O8. The second-order valence-electron chi connectivity index (χ2n) is 13.6. The van der Waals surface area contributed by atoms with E-state index in [0.29, 0.717) is 88.1 Å². The molecule has 8 heteroatoms. The number of hydrogen-bond donors (Lipinski definition) is 0. The van der Waals surface area contributed by atoms with Gasteiger partial charge in [0, 0.05) is 32.3 Å². The van der Waals surface area contributed by atoms with Gasteiger partial charge in [0.1, 0.15) is 55.8 Å². The van der Waals surface area contributed by atoms with Crippen LogP contribution in [-0.2, 0) is 0 Å². The molecule has 59 heavy (non-hydrogen) atoms. The molecule has 21 aromatic rings. The molecule has 8 nitrogen and oxygen atoms in total. The van der Waals surface area contributed by atoms with Crippen molar-refractivity contribution in [2.75, 3.05) is 0 Å². The van der Waals surface area contributed by atoms with Crippen LogP contribution in [0.4, 0.5) is 0 Å². The predicted molar refractivity (Wildman–Crippen MR) is 235 cm³/mol. The second-order valence-corrected chi connectivity index (χ2v) is 13.6. The van der Waals surface area contributed by atoms with E-state index in [2.05, 4.69) is 0 Å². The van der Waals surface area contributed by atoms with E-state index in [1.807, 2.05) is 0 Å². The van der Waals surface area contributed by atoms with Gasteiger partial charge in [-0.15, -0.1) is 0 Å². The van der Waals surface area contributed by atoms with Crippen molar-refractivity contribution in [3.05, 3.63) is 225 Å². The van der Waals surface area contributed by atoms with E-state index in [1.54, 1.807) is 194 Å². The zero-order chi connectivity index (χ0) is 40.1. The van der Waals surface area contributed by atoms with Gasteiger partial charge in [0.15, 0.2) is 16.3 Å². The van der Waals surface area contributed by atoms with Crippen molar-refractivity contribution in [2.45, 2.75) is 0 Å². The van der Waals surface area contributed by atoms with Gasteiger partial charge in [-0.25, -0.2) is 0 Å². The van der Waals surface area contributed by atoms with Crippen molar-refractivity contribution >= 4 is 88.1 Å². The van der Waals surface area contributed by atoms with Gasteiger partial charge in [-0.1, -0.05) is 0 Å². The predicted octanol–water partition coefficient (Wildman–Crippen LogP) is 12.6. The summed E-state index contributed by atoms with van der Waals surface area (Å²) in [6.07, 6.45) is 0. The highest BCUT2D eigenvalue weighted by Gasteiger charge is 1.99. The summed E-state index contributed by atoms with van der Waals surface area (Å²) in [6, 6.07) is 55.9. The van der Waals surface area contributed by atoms with Crippen molar-refractivity contribution in [3.63, 3.8) is 0 Å². The van der Waals surface area contributed by atoms with E-state index < -0.39 is 0 Å². The largest absolute Gasteiger partial charge is 0.457 e. The van der Waals surface area contributed by atoms with E-state index >= 15 is 0 Å². The quantitative estimate of drug-likeness (QED) is 0.149. The summed E-state index contributed by atoms with van der Waals surface area (Å²) < 4.78 is 30.1. The number of hydrogen-bond acceptors (Lipinski definition) is 8. The normalized spacial score (nSPS) is 10.9. The van der Waals surface area contributed by atoms with Crippen molar-refractivity contribution in [1.82, 2.24) is 0 Å². The van der Waals surface area contributed by atoms with E-state index in [1.165, 1.54) is 0 Å². The lowest BCUT2D eigenvalue weighted by Crippen LogP contribution is -1.97. The lowest BCUT2D eigenvalue weighted by molar-refractivity contribution is 0.646. The van der Waals surface area contributed by atoms with Crippen LogP contribution in [0.3, 0.4) is 0 Å². The fourth-order valence-electron chi connectivity index (χ4n) is 6.38. The molecule has 0 spiro atoms. The molecule has 0 saturated heterocycles. The van der Waals surface area contributed by atoms with Gasteiger partial charge in [0.25, 0.3) is 0 Å². The molecule has 0 aliphatic rings. The summed E-state index contributed by atoms with van der Waals surface area (Å²) in [5.41, 5.74) is 5.36. The van der Waals surface area contributed by atoms with Gasteiger partial charge in [-0.2, -0.15) is 0 Å². The maximum Gasteiger partial charge on any atom is 0.193 e. The Morgan fingerprint density at radius 3 is 0.390 bits per heavy atom. The SMILES string of the molecule is O=c1c2ccc(cc2)oc2ccc(cc2)oc2ccc(cc2)c(=O)c2ccc(cc2)oc2ccc(cc2)c(=O)c2ccc(cc2)oc2ccc(cc2)oc2ccc1cc2. The average molecular weight is 773 g/mol. The topological polar surface area (TPSA) is 117 Å². The highest BCUT2D eigenvalue weighted by molar-refractivity contribution is 5.72. The monoisotopic (exact) mass is 772 g/mol. The Balaban J connectivity index is 1.13. The molecule has 284 valence electrons. The number of benzene rings is 8. The molecule has 16 bridgehead atoms. The van der Waals surface area contributed by atoms with Crippen LogP contribution in [0.15, 0.2) is 231 Å². The minimum atomic E-state index is -0.142. The van der Waals surface area contributed by atoms with Gasteiger partial charge in [0.2, 0.25) is 0 Å². The summed E-state index contributed by atoms with van der Waals surface area (Å²) in [4.78, 5) is 39.8.